The van der Waals surface area contributed by atoms with Crippen LogP contribution in [0.25, 0.3) is 10.8 Å². The highest BCUT2D eigenvalue weighted by Gasteiger charge is 2.25. The first-order chi connectivity index (χ1) is 12.8. The molecule has 0 aliphatic rings. The number of hydrogen-bond donors (Lipinski definition) is 1. The molecule has 27 heavy (non-hydrogen) atoms. The van der Waals surface area contributed by atoms with Crippen LogP contribution in [0.5, 0.6) is 5.75 Å². The summed E-state index contributed by atoms with van der Waals surface area (Å²) >= 11 is 0. The van der Waals surface area contributed by atoms with Gasteiger partial charge in [0.15, 0.2) is 0 Å². The minimum absolute atomic E-state index is 0.0400. The Morgan fingerprint density at radius 2 is 1.78 bits per heavy atom. The Kier molecular flexibility index (Phi) is 5.11. The second-order valence-electron chi connectivity index (χ2n) is 6.00. The van der Waals surface area contributed by atoms with Crippen molar-refractivity contribution in [2.24, 2.45) is 0 Å². The second kappa shape index (κ2) is 7.34. The highest BCUT2D eigenvalue weighted by Crippen LogP contribution is 2.30. The van der Waals surface area contributed by atoms with Crippen LogP contribution in [0.4, 0.5) is 5.69 Å². The molecule has 1 atom stereocenters. The lowest BCUT2D eigenvalue weighted by molar-refractivity contribution is -0.385. The molecule has 8 heteroatoms. The molecule has 0 saturated heterocycles. The van der Waals surface area contributed by atoms with Crippen LogP contribution in [0.15, 0.2) is 65.6 Å². The second-order valence-corrected chi connectivity index (χ2v) is 7.69. The zero-order chi connectivity index (χ0) is 19.6. The van der Waals surface area contributed by atoms with Gasteiger partial charge in [-0.1, -0.05) is 42.5 Å². The van der Waals surface area contributed by atoms with E-state index in [2.05, 4.69) is 4.72 Å². The zero-order valence-corrected chi connectivity index (χ0v) is 15.6. The molecule has 0 spiro atoms. The maximum Gasteiger partial charge on any atom is 0.271 e. The van der Waals surface area contributed by atoms with Gasteiger partial charge in [-0.3, -0.25) is 10.1 Å². The van der Waals surface area contributed by atoms with Gasteiger partial charge >= 0.3 is 0 Å². The molecule has 0 radical (unpaired) electrons. The molecule has 0 aliphatic carbocycles. The fourth-order valence-corrected chi connectivity index (χ4v) is 4.39. The largest absolute Gasteiger partial charge is 0.495 e. The van der Waals surface area contributed by atoms with Gasteiger partial charge in [0.1, 0.15) is 10.6 Å². The molecule has 0 aliphatic heterocycles. The molecule has 3 rings (SSSR count). The van der Waals surface area contributed by atoms with E-state index < -0.39 is 21.0 Å². The monoisotopic (exact) mass is 386 g/mol. The molecule has 0 fully saturated rings. The molecule has 0 saturated carbocycles. The Bertz CT molecular complexity index is 1110. The zero-order valence-electron chi connectivity index (χ0n) is 14.7. The molecule has 7 nitrogen and oxygen atoms in total. The number of nitro benzene ring substituents is 1. The number of fused-ring (bicyclic) bond motifs is 1. The van der Waals surface area contributed by atoms with Crippen molar-refractivity contribution in [3.05, 3.63) is 76.3 Å². The third-order valence-corrected chi connectivity index (χ3v) is 5.83. The third kappa shape index (κ3) is 3.76. The maximum atomic E-state index is 12.9. The minimum atomic E-state index is -4.05. The van der Waals surface area contributed by atoms with Gasteiger partial charge in [-0.15, -0.1) is 0 Å². The number of ether oxygens (including phenoxy) is 1. The van der Waals surface area contributed by atoms with E-state index in [9.17, 15) is 18.5 Å². The number of nitrogens with one attached hydrogen (secondary N) is 1. The Hall–Kier alpha value is -2.97. The molecule has 140 valence electrons. The van der Waals surface area contributed by atoms with Gasteiger partial charge in [0.2, 0.25) is 10.0 Å². The van der Waals surface area contributed by atoms with Crippen molar-refractivity contribution >= 4 is 26.5 Å². The van der Waals surface area contributed by atoms with Gasteiger partial charge in [-0.25, -0.2) is 13.1 Å². The van der Waals surface area contributed by atoms with E-state index in [-0.39, 0.29) is 16.3 Å². The molecule has 3 aromatic rings. The lowest BCUT2D eigenvalue weighted by atomic mass is 10.0. The Morgan fingerprint density at radius 3 is 2.48 bits per heavy atom. The van der Waals surface area contributed by atoms with Crippen LogP contribution < -0.4 is 9.46 Å². The van der Waals surface area contributed by atoms with Gasteiger partial charge in [-0.2, -0.15) is 0 Å². The summed E-state index contributed by atoms with van der Waals surface area (Å²) < 4.78 is 33.5. The smallest absolute Gasteiger partial charge is 0.271 e. The van der Waals surface area contributed by atoms with Gasteiger partial charge < -0.3 is 4.74 Å². The summed E-state index contributed by atoms with van der Waals surface area (Å²) in [5.74, 6) is 0.0400. The molecule has 0 bridgehead atoms. The summed E-state index contributed by atoms with van der Waals surface area (Å²) in [6, 6.07) is 16.2. The molecule has 0 heterocycles. The first-order valence-corrected chi connectivity index (χ1v) is 9.64. The third-order valence-electron chi connectivity index (χ3n) is 4.27. The molecule has 3 aromatic carbocycles. The summed E-state index contributed by atoms with van der Waals surface area (Å²) in [5, 5.41) is 12.9. The fourth-order valence-electron chi connectivity index (χ4n) is 2.98. The molecule has 0 amide bonds. The quantitative estimate of drug-likeness (QED) is 0.513. The average Bonchev–Trinajstić information content (AvgIpc) is 2.66. The van der Waals surface area contributed by atoms with E-state index in [4.69, 9.17) is 4.74 Å². The minimum Gasteiger partial charge on any atom is -0.495 e. The summed E-state index contributed by atoms with van der Waals surface area (Å²) in [4.78, 5) is 10.1. The van der Waals surface area contributed by atoms with Crippen LogP contribution in [0, 0.1) is 10.1 Å². The van der Waals surface area contributed by atoms with Crippen molar-refractivity contribution < 1.29 is 18.1 Å². The van der Waals surface area contributed by atoms with Crippen molar-refractivity contribution in [3.63, 3.8) is 0 Å². The first-order valence-electron chi connectivity index (χ1n) is 8.16. The number of nitro groups is 1. The number of non-ortho nitro benzene ring substituents is 1. The maximum absolute atomic E-state index is 12.9. The molecular weight excluding hydrogens is 368 g/mol. The number of sulfonamides is 1. The van der Waals surface area contributed by atoms with E-state index in [0.29, 0.717) is 0 Å². The lowest BCUT2D eigenvalue weighted by Gasteiger charge is -2.18. The summed E-state index contributed by atoms with van der Waals surface area (Å²) in [6.45, 7) is 1.73. The Balaban J connectivity index is 2.01. The summed E-state index contributed by atoms with van der Waals surface area (Å²) in [6.07, 6.45) is 0. The van der Waals surface area contributed by atoms with E-state index in [1.165, 1.54) is 19.2 Å². The summed E-state index contributed by atoms with van der Waals surface area (Å²) in [5.41, 5.74) is 0.482. The molecule has 1 unspecified atom stereocenters. The topological polar surface area (TPSA) is 98.5 Å². The van der Waals surface area contributed by atoms with Gasteiger partial charge in [-0.05, 0) is 29.3 Å². The lowest BCUT2D eigenvalue weighted by Crippen LogP contribution is -2.27. The van der Waals surface area contributed by atoms with Crippen LogP contribution in [0.3, 0.4) is 0 Å². The average molecular weight is 386 g/mol. The van der Waals surface area contributed by atoms with Crippen molar-refractivity contribution in [1.82, 2.24) is 4.72 Å². The normalized spacial score (nSPS) is 12.7. The van der Waals surface area contributed by atoms with Gasteiger partial charge in [0.25, 0.3) is 5.69 Å². The number of benzene rings is 3. The van der Waals surface area contributed by atoms with Crippen molar-refractivity contribution in [1.29, 1.82) is 0 Å². The van der Waals surface area contributed by atoms with Crippen LogP contribution in [0.2, 0.25) is 0 Å². The predicted octanol–water partition coefficient (Wildman–Crippen LogP) is 3.80. The fraction of sp³-hybridized carbons (Fsp3) is 0.158. The molecule has 1 N–H and O–H groups in total. The number of hydrogen-bond acceptors (Lipinski definition) is 5. The highest BCUT2D eigenvalue weighted by molar-refractivity contribution is 7.89. The van der Waals surface area contributed by atoms with Gasteiger partial charge in [0, 0.05) is 18.2 Å². The van der Waals surface area contributed by atoms with Crippen LogP contribution in [-0.2, 0) is 10.0 Å². The Morgan fingerprint density at radius 1 is 1.07 bits per heavy atom. The SMILES string of the molecule is COc1ccc([N+](=O)[O-])cc1S(=O)(=O)NC(C)c1cccc2ccccc12. The van der Waals surface area contributed by atoms with E-state index in [1.807, 2.05) is 42.5 Å². The van der Waals surface area contributed by atoms with Crippen LogP contribution in [0.1, 0.15) is 18.5 Å². The van der Waals surface area contributed by atoms with Gasteiger partial charge in [0.05, 0.1) is 12.0 Å². The van der Waals surface area contributed by atoms with Crippen molar-refractivity contribution in [3.8, 4) is 5.75 Å². The predicted molar refractivity (Wildman–Crippen MR) is 102 cm³/mol. The van der Waals surface area contributed by atoms with Crippen LogP contribution in [-0.4, -0.2) is 20.5 Å². The molecule has 0 aromatic heterocycles. The van der Waals surface area contributed by atoms with Crippen molar-refractivity contribution in [2.75, 3.05) is 7.11 Å². The molecular formula is C19H18N2O5S. The summed E-state index contributed by atoms with van der Waals surface area (Å²) in [7, 11) is -2.74. The number of rotatable bonds is 6. The van der Waals surface area contributed by atoms with E-state index >= 15 is 0 Å². The first kappa shape index (κ1) is 18.8. The van der Waals surface area contributed by atoms with Crippen molar-refractivity contribution in [2.45, 2.75) is 17.9 Å². The van der Waals surface area contributed by atoms with E-state index in [0.717, 1.165) is 22.4 Å². The number of methoxy groups -OCH3 is 1. The highest BCUT2D eigenvalue weighted by atomic mass is 32.2. The number of nitrogens with zero attached hydrogens (tertiary/aromatic N) is 1. The standard InChI is InChI=1S/C19H18N2O5S/c1-13(16-9-5-7-14-6-3-4-8-17(14)16)20-27(24,25)19-12-15(21(22)23)10-11-18(19)26-2/h3-13,20H,1-2H3. The van der Waals surface area contributed by atoms with Crippen LogP contribution >= 0.6 is 0 Å². The Labute approximate surface area is 156 Å². The van der Waals surface area contributed by atoms with E-state index in [1.54, 1.807) is 6.92 Å².